The van der Waals surface area contributed by atoms with Crippen LogP contribution in [0.5, 0.6) is 0 Å². The Hall–Kier alpha value is -4.47. The van der Waals surface area contributed by atoms with Gasteiger partial charge >= 0.3 is 0 Å². The fraction of sp³-hybridized carbons (Fsp3) is 0.225. The molecule has 0 aliphatic carbocycles. The lowest BCUT2D eigenvalue weighted by Crippen LogP contribution is -2.48. The highest BCUT2D eigenvalue weighted by Crippen LogP contribution is 2.43. The second-order valence-corrected chi connectivity index (χ2v) is 12.0. The van der Waals surface area contributed by atoms with Crippen molar-refractivity contribution in [2.24, 2.45) is 4.99 Å². The summed E-state index contributed by atoms with van der Waals surface area (Å²) in [6.07, 6.45) is 1.04. The van der Waals surface area contributed by atoms with E-state index in [4.69, 9.17) is 9.73 Å². The molecule has 1 aliphatic rings. The van der Waals surface area contributed by atoms with Crippen molar-refractivity contribution in [1.29, 1.82) is 0 Å². The minimum absolute atomic E-state index is 0.197. The summed E-state index contributed by atoms with van der Waals surface area (Å²) in [5.41, 5.74) is 7.79. The molecule has 1 heterocycles. The molecule has 3 heteroatoms. The number of ether oxygens (including phenoxy) is 1. The first-order valence-corrected chi connectivity index (χ1v) is 15.3. The zero-order chi connectivity index (χ0) is 29.7. The molecule has 0 fully saturated rings. The Bertz CT molecular complexity index is 1560. The van der Waals surface area contributed by atoms with Crippen molar-refractivity contribution in [1.82, 2.24) is 4.90 Å². The molecule has 0 spiro atoms. The predicted octanol–water partition coefficient (Wildman–Crippen LogP) is 9.11. The second-order valence-electron chi connectivity index (χ2n) is 12.0. The summed E-state index contributed by atoms with van der Waals surface area (Å²) in [5, 5.41) is 0. The molecule has 0 N–H and O–H groups in total. The van der Waals surface area contributed by atoms with Crippen LogP contribution in [0.1, 0.15) is 55.0 Å². The number of rotatable bonds is 10. The lowest BCUT2D eigenvalue weighted by atomic mass is 9.75. The van der Waals surface area contributed by atoms with E-state index < -0.39 is 5.54 Å². The maximum atomic E-state index is 6.03. The molecule has 0 radical (unpaired) electrons. The molecule has 0 unspecified atom stereocenters. The topological polar surface area (TPSA) is 24.8 Å². The van der Waals surface area contributed by atoms with Crippen LogP contribution >= 0.6 is 0 Å². The highest BCUT2D eigenvalue weighted by Gasteiger charge is 2.41. The van der Waals surface area contributed by atoms with E-state index in [0.717, 1.165) is 42.1 Å². The number of benzene rings is 5. The molecule has 5 aromatic rings. The quantitative estimate of drug-likeness (QED) is 0.158. The summed E-state index contributed by atoms with van der Waals surface area (Å²) >= 11 is 0. The van der Waals surface area contributed by atoms with E-state index in [1.165, 1.54) is 22.3 Å². The first kappa shape index (κ1) is 28.6. The molecule has 216 valence electrons. The van der Waals surface area contributed by atoms with Crippen molar-refractivity contribution >= 4 is 5.90 Å². The molecule has 0 amide bonds. The third-order valence-electron chi connectivity index (χ3n) is 8.30. The summed E-state index contributed by atoms with van der Waals surface area (Å²) in [5.74, 6) is 0.733. The Morgan fingerprint density at radius 2 is 1.14 bits per heavy atom. The third-order valence-corrected chi connectivity index (χ3v) is 8.30. The lowest BCUT2D eigenvalue weighted by molar-refractivity contribution is 0.147. The first-order chi connectivity index (χ1) is 21.0. The molecule has 0 aromatic heterocycles. The predicted molar refractivity (Wildman–Crippen MR) is 178 cm³/mol. The minimum atomic E-state index is -0.449. The van der Waals surface area contributed by atoms with Gasteiger partial charge in [0.2, 0.25) is 5.90 Å². The van der Waals surface area contributed by atoms with Gasteiger partial charge < -0.3 is 4.74 Å². The molecule has 3 nitrogen and oxygen atoms in total. The van der Waals surface area contributed by atoms with Crippen LogP contribution in [0.3, 0.4) is 0 Å². The molecule has 0 saturated carbocycles. The summed E-state index contributed by atoms with van der Waals surface area (Å²) < 4.78 is 6.03. The number of hydrogen-bond acceptors (Lipinski definition) is 3. The zero-order valence-corrected chi connectivity index (χ0v) is 25.4. The van der Waals surface area contributed by atoms with Crippen LogP contribution in [0.25, 0.3) is 11.1 Å². The Kier molecular flexibility index (Phi) is 8.26. The van der Waals surface area contributed by atoms with Gasteiger partial charge in [-0.3, -0.25) is 4.90 Å². The number of hydrogen-bond donors (Lipinski definition) is 0. The van der Waals surface area contributed by atoms with Crippen molar-refractivity contribution in [3.63, 3.8) is 0 Å². The smallest absolute Gasteiger partial charge is 0.217 e. The van der Waals surface area contributed by atoms with Crippen molar-refractivity contribution in [2.75, 3.05) is 13.2 Å². The lowest BCUT2D eigenvalue weighted by Gasteiger charge is -2.46. The maximum absolute atomic E-state index is 6.03. The fourth-order valence-electron chi connectivity index (χ4n) is 6.37. The second kappa shape index (κ2) is 12.4. The van der Waals surface area contributed by atoms with Gasteiger partial charge in [0.05, 0.1) is 11.1 Å². The summed E-state index contributed by atoms with van der Waals surface area (Å²) in [6, 6.07) is 50.4. The molecule has 0 atom stereocenters. The third kappa shape index (κ3) is 5.78. The van der Waals surface area contributed by atoms with Crippen LogP contribution in [0.4, 0.5) is 0 Å². The summed E-state index contributed by atoms with van der Waals surface area (Å²) in [7, 11) is 0. The van der Waals surface area contributed by atoms with E-state index in [0.29, 0.717) is 6.61 Å². The van der Waals surface area contributed by atoms with Gasteiger partial charge in [0.25, 0.3) is 0 Å². The molecule has 0 bridgehead atoms. The molecule has 1 aliphatic heterocycles. The van der Waals surface area contributed by atoms with Crippen LogP contribution in [0, 0.1) is 0 Å². The standard InChI is InChI=1S/C40H40N2O/c1-4-28-42(40(33-16-8-5-9-17-33,34-18-10-6-11-19-34)35-20-12-7-13-21-35)29-31-24-26-32(27-25-31)36-22-14-15-23-37(36)38-41-39(2,3)30-43-38/h5-27H,4,28-30H2,1-3H3. The van der Waals surface area contributed by atoms with Crippen LogP contribution < -0.4 is 0 Å². The van der Waals surface area contributed by atoms with Crippen molar-refractivity contribution in [3.05, 3.63) is 167 Å². The van der Waals surface area contributed by atoms with Crippen molar-refractivity contribution in [3.8, 4) is 11.1 Å². The van der Waals surface area contributed by atoms with E-state index in [-0.39, 0.29) is 5.54 Å². The summed E-state index contributed by atoms with van der Waals surface area (Å²) in [6.45, 7) is 8.84. The van der Waals surface area contributed by atoms with Crippen LogP contribution in [-0.4, -0.2) is 29.5 Å². The van der Waals surface area contributed by atoms with Gasteiger partial charge in [-0.1, -0.05) is 140 Å². The van der Waals surface area contributed by atoms with Gasteiger partial charge in [0, 0.05) is 12.1 Å². The molecule has 6 rings (SSSR count). The van der Waals surface area contributed by atoms with Crippen LogP contribution in [0.15, 0.2) is 145 Å². The molecular weight excluding hydrogens is 524 g/mol. The van der Waals surface area contributed by atoms with Gasteiger partial charge in [0.1, 0.15) is 6.61 Å². The van der Waals surface area contributed by atoms with Gasteiger partial charge in [-0.05, 0) is 66.3 Å². The Balaban J connectivity index is 1.42. The Morgan fingerprint density at radius 3 is 1.60 bits per heavy atom. The van der Waals surface area contributed by atoms with Crippen molar-refractivity contribution in [2.45, 2.75) is 44.8 Å². The number of nitrogens with zero attached hydrogens (tertiary/aromatic N) is 2. The zero-order valence-electron chi connectivity index (χ0n) is 25.4. The Morgan fingerprint density at radius 1 is 0.651 bits per heavy atom. The largest absolute Gasteiger partial charge is 0.475 e. The van der Waals surface area contributed by atoms with Gasteiger partial charge in [0.15, 0.2) is 0 Å². The average Bonchev–Trinajstić information content (AvgIpc) is 3.43. The van der Waals surface area contributed by atoms with E-state index in [1.54, 1.807) is 0 Å². The van der Waals surface area contributed by atoms with Gasteiger partial charge in [-0.2, -0.15) is 0 Å². The normalized spacial score (nSPS) is 14.4. The van der Waals surface area contributed by atoms with Crippen LogP contribution in [-0.2, 0) is 16.8 Å². The van der Waals surface area contributed by atoms with Crippen LogP contribution in [0.2, 0.25) is 0 Å². The van der Waals surface area contributed by atoms with E-state index in [1.807, 2.05) is 0 Å². The molecular formula is C40H40N2O. The highest BCUT2D eigenvalue weighted by molar-refractivity contribution is 6.01. The summed E-state index contributed by atoms with van der Waals surface area (Å²) in [4.78, 5) is 7.51. The number of aliphatic imine (C=N–C) groups is 1. The SMILES string of the molecule is CCCN(Cc1ccc(-c2ccccc2C2=NC(C)(C)CO2)cc1)C(c1ccccc1)(c1ccccc1)c1ccccc1. The maximum Gasteiger partial charge on any atom is 0.217 e. The molecule has 43 heavy (non-hydrogen) atoms. The van der Waals surface area contributed by atoms with E-state index in [9.17, 15) is 0 Å². The van der Waals surface area contributed by atoms with E-state index in [2.05, 4.69) is 165 Å². The minimum Gasteiger partial charge on any atom is -0.475 e. The fourth-order valence-corrected chi connectivity index (χ4v) is 6.37. The first-order valence-electron chi connectivity index (χ1n) is 15.3. The molecule has 0 saturated heterocycles. The molecule has 5 aromatic carbocycles. The monoisotopic (exact) mass is 564 g/mol. The van der Waals surface area contributed by atoms with E-state index >= 15 is 0 Å². The van der Waals surface area contributed by atoms with Gasteiger partial charge in [-0.15, -0.1) is 0 Å². The van der Waals surface area contributed by atoms with Gasteiger partial charge in [-0.25, -0.2) is 4.99 Å². The Labute approximate surface area is 256 Å². The average molecular weight is 565 g/mol. The van der Waals surface area contributed by atoms with Crippen molar-refractivity contribution < 1.29 is 4.74 Å². The highest BCUT2D eigenvalue weighted by atomic mass is 16.5.